The number of hydrogen-bond donors (Lipinski definition) is 2. The van der Waals surface area contributed by atoms with Crippen molar-refractivity contribution < 1.29 is 15.9 Å². The van der Waals surface area contributed by atoms with E-state index in [1.54, 1.807) is 28.5 Å². The Morgan fingerprint density at radius 1 is 1.08 bits per heavy atom. The summed E-state index contributed by atoms with van der Waals surface area (Å²) in [7, 11) is 0. The molecule has 1 amide bonds. The third kappa shape index (κ3) is 5.51. The standard InChI is InChI=1S/C28H33N5O4/c1-28(2,3)37-27(34)32-16-4-5-25(32)26-29-17-24(31-26)20-8-6-18(7-9-20)22-14-15-23(30-22)19-10-12-21(13-11-19)33(35)36/h6-13,17,22-23,25,30H,4-5,14-16H2,1-3H3,(H,29,31)/i/hD. The van der Waals surface area contributed by atoms with Crippen LogP contribution in [0, 0.1) is 10.1 Å². The number of nitrogens with one attached hydrogen (secondary N) is 2. The number of benzene rings is 2. The lowest BCUT2D eigenvalue weighted by Crippen LogP contribution is -2.36. The molecule has 194 valence electrons. The first-order valence-electron chi connectivity index (χ1n) is 13.2. The van der Waals surface area contributed by atoms with Gasteiger partial charge < -0.3 is 15.0 Å². The van der Waals surface area contributed by atoms with Crippen LogP contribution >= 0.6 is 0 Å². The van der Waals surface area contributed by atoms with Crippen molar-refractivity contribution in [1.82, 2.24) is 20.2 Å². The van der Waals surface area contributed by atoms with E-state index < -0.39 is 10.5 Å². The summed E-state index contributed by atoms with van der Waals surface area (Å²) >= 11 is 0. The minimum Gasteiger partial charge on any atom is -0.444 e. The first-order chi connectivity index (χ1) is 18.1. The number of aromatic nitrogens is 2. The second-order valence-electron chi connectivity index (χ2n) is 10.7. The molecule has 0 saturated carbocycles. The fourth-order valence-corrected chi connectivity index (χ4v) is 5.13. The SMILES string of the molecule is [2H]N1C(c2ccc(-c3cnc(C4CCCN4C(=O)OC(C)(C)C)[nH]3)cc2)CCC1c1ccc([N+](=O)[O-])cc1. The molecule has 2 aliphatic heterocycles. The molecule has 2 aliphatic rings. The maximum atomic E-state index is 12.7. The smallest absolute Gasteiger partial charge is 0.410 e. The minimum absolute atomic E-state index is 0.0533. The summed E-state index contributed by atoms with van der Waals surface area (Å²) < 4.78 is 14.3. The number of nitrogens with zero attached hydrogens (tertiary/aromatic N) is 3. The maximum Gasteiger partial charge on any atom is 0.410 e. The van der Waals surface area contributed by atoms with Gasteiger partial charge in [0, 0.05) is 30.8 Å². The van der Waals surface area contributed by atoms with Gasteiger partial charge in [0.25, 0.3) is 5.69 Å². The van der Waals surface area contributed by atoms with E-state index >= 15 is 0 Å². The number of aromatic amines is 1. The molecule has 1 aromatic heterocycles. The Labute approximate surface area is 217 Å². The molecule has 0 spiro atoms. The molecule has 3 unspecified atom stereocenters. The van der Waals surface area contributed by atoms with Gasteiger partial charge in [-0.15, -0.1) is 0 Å². The molecule has 5 rings (SSSR count). The Bertz CT molecular complexity index is 1300. The molecule has 2 fully saturated rings. The van der Waals surface area contributed by atoms with Crippen molar-refractivity contribution in [3.63, 3.8) is 0 Å². The lowest BCUT2D eigenvalue weighted by Gasteiger charge is -2.27. The van der Waals surface area contributed by atoms with E-state index in [0.29, 0.717) is 6.54 Å². The normalized spacial score (nSPS) is 22.7. The first-order valence-corrected chi connectivity index (χ1v) is 12.8. The summed E-state index contributed by atoms with van der Waals surface area (Å²) in [5.41, 5.74) is 3.34. The van der Waals surface area contributed by atoms with Crippen molar-refractivity contribution >= 4 is 11.8 Å². The topological polar surface area (TPSA) is 113 Å². The molecule has 37 heavy (non-hydrogen) atoms. The second-order valence-corrected chi connectivity index (χ2v) is 10.7. The minimum atomic E-state index is -0.546. The van der Waals surface area contributed by atoms with Gasteiger partial charge in [-0.05, 0) is 63.1 Å². The van der Waals surface area contributed by atoms with Gasteiger partial charge in [0.2, 0.25) is 0 Å². The molecule has 0 aliphatic carbocycles. The van der Waals surface area contributed by atoms with Gasteiger partial charge in [0.15, 0.2) is 0 Å². The highest BCUT2D eigenvalue weighted by Crippen LogP contribution is 2.36. The summed E-state index contributed by atoms with van der Waals surface area (Å²) in [6.07, 6.45) is 4.87. The number of nitro benzene ring substituents is 1. The fraction of sp³-hybridized carbons (Fsp3) is 0.429. The van der Waals surface area contributed by atoms with Gasteiger partial charge >= 0.3 is 6.09 Å². The Morgan fingerprint density at radius 3 is 2.30 bits per heavy atom. The number of imidazole rings is 1. The molecule has 3 heterocycles. The molecule has 2 aromatic carbocycles. The highest BCUT2D eigenvalue weighted by molar-refractivity contribution is 5.69. The van der Waals surface area contributed by atoms with Crippen LogP contribution in [0.5, 0.6) is 0 Å². The van der Waals surface area contributed by atoms with Crippen LogP contribution in [0.1, 0.15) is 81.5 Å². The van der Waals surface area contributed by atoms with Gasteiger partial charge in [-0.1, -0.05) is 36.4 Å². The van der Waals surface area contributed by atoms with Crippen LogP contribution in [0.2, 0.25) is 1.41 Å². The van der Waals surface area contributed by atoms with Crippen LogP contribution in [-0.4, -0.2) is 38.0 Å². The number of H-pyrrole nitrogens is 1. The Morgan fingerprint density at radius 2 is 1.70 bits per heavy atom. The monoisotopic (exact) mass is 504 g/mol. The number of carbonyl (C=O) groups excluding carboxylic acids is 1. The Kier molecular flexibility index (Phi) is 6.38. The van der Waals surface area contributed by atoms with E-state index in [9.17, 15) is 14.9 Å². The molecule has 0 radical (unpaired) electrons. The lowest BCUT2D eigenvalue weighted by atomic mass is 10.0. The van der Waals surface area contributed by atoms with Gasteiger partial charge in [-0.3, -0.25) is 15.0 Å². The maximum absolute atomic E-state index is 12.7. The van der Waals surface area contributed by atoms with E-state index in [0.717, 1.165) is 53.9 Å². The van der Waals surface area contributed by atoms with Crippen LogP contribution < -0.4 is 5.31 Å². The Hall–Kier alpha value is -3.72. The van der Waals surface area contributed by atoms with Crippen molar-refractivity contribution in [3.8, 4) is 11.3 Å². The number of amides is 1. The molecule has 3 atom stereocenters. The number of likely N-dealkylation sites (tertiary alicyclic amines) is 1. The zero-order valence-electron chi connectivity index (χ0n) is 22.4. The van der Waals surface area contributed by atoms with Crippen LogP contribution in [0.15, 0.2) is 54.7 Å². The van der Waals surface area contributed by atoms with Gasteiger partial charge in [-0.25, -0.2) is 9.78 Å². The van der Waals surface area contributed by atoms with E-state index in [2.05, 4.69) is 9.97 Å². The van der Waals surface area contributed by atoms with Gasteiger partial charge in [0.05, 0.1) is 22.9 Å². The molecule has 0 bridgehead atoms. The summed E-state index contributed by atoms with van der Waals surface area (Å²) in [6.45, 7) is 6.25. The van der Waals surface area contributed by atoms with Crippen molar-refractivity contribution in [2.24, 2.45) is 0 Å². The quantitative estimate of drug-likeness (QED) is 0.315. The molecule has 3 aromatic rings. The van der Waals surface area contributed by atoms with Crippen molar-refractivity contribution in [2.75, 3.05) is 6.54 Å². The van der Waals surface area contributed by atoms with Crippen LogP contribution in [-0.2, 0) is 4.74 Å². The number of hydrogen-bond acceptors (Lipinski definition) is 6. The molecule has 2 saturated heterocycles. The van der Waals surface area contributed by atoms with Crippen LogP contribution in [0.3, 0.4) is 0 Å². The number of nitro groups is 1. The fourth-order valence-electron chi connectivity index (χ4n) is 5.13. The highest BCUT2D eigenvalue weighted by Gasteiger charge is 2.35. The summed E-state index contributed by atoms with van der Waals surface area (Å²) in [6, 6.07) is 14.4. The van der Waals surface area contributed by atoms with Crippen molar-refractivity contribution in [1.29, 1.82) is 0 Å². The summed E-state index contributed by atoms with van der Waals surface area (Å²) in [4.78, 5) is 33.0. The first kappa shape index (κ1) is 23.7. The largest absolute Gasteiger partial charge is 0.444 e. The lowest BCUT2D eigenvalue weighted by molar-refractivity contribution is -0.384. The zero-order valence-corrected chi connectivity index (χ0v) is 21.4. The summed E-state index contributed by atoms with van der Waals surface area (Å²) in [5, 5.41) is 12.6. The van der Waals surface area contributed by atoms with E-state index in [1.165, 1.54) is 12.1 Å². The third-order valence-electron chi connectivity index (χ3n) is 6.96. The van der Waals surface area contributed by atoms with E-state index in [-0.39, 0.29) is 29.9 Å². The molecular formula is C28H33N5O4. The number of carbonyl (C=O) groups is 1. The number of rotatable bonds is 5. The highest BCUT2D eigenvalue weighted by atomic mass is 16.6. The van der Waals surface area contributed by atoms with Crippen molar-refractivity contribution in [3.05, 3.63) is 81.8 Å². The average Bonchev–Trinajstić information content (AvgIpc) is 3.63. The molecular weight excluding hydrogens is 470 g/mol. The predicted octanol–water partition coefficient (Wildman–Crippen LogP) is 6.22. The predicted molar refractivity (Wildman–Crippen MR) is 140 cm³/mol. The van der Waals surface area contributed by atoms with E-state index in [4.69, 9.17) is 6.15 Å². The molecule has 9 heteroatoms. The summed E-state index contributed by atoms with van der Waals surface area (Å²) in [5.74, 6) is 0.756. The average molecular weight is 505 g/mol. The molecule has 2 N–H and O–H groups in total. The van der Waals surface area contributed by atoms with Gasteiger partial charge in [0.1, 0.15) is 12.8 Å². The number of non-ortho nitro benzene ring substituents is 1. The van der Waals surface area contributed by atoms with Gasteiger partial charge in [-0.2, -0.15) is 0 Å². The Balaban J connectivity index is 1.26. The van der Waals surface area contributed by atoms with Crippen LogP contribution in [0.4, 0.5) is 10.5 Å². The van der Waals surface area contributed by atoms with E-state index in [1.807, 2.05) is 45.0 Å². The van der Waals surface area contributed by atoms with Crippen LogP contribution in [0.25, 0.3) is 11.3 Å². The second kappa shape index (κ2) is 9.97. The van der Waals surface area contributed by atoms with Crippen molar-refractivity contribution in [2.45, 2.75) is 70.2 Å². The third-order valence-corrected chi connectivity index (χ3v) is 6.96. The number of ether oxygens (including phenoxy) is 1. The zero-order chi connectivity index (χ0) is 27.0. The molecule has 9 nitrogen and oxygen atoms in total.